The van der Waals surface area contributed by atoms with Crippen molar-refractivity contribution in [3.63, 3.8) is 0 Å². The van der Waals surface area contributed by atoms with Gasteiger partial charge in [-0.15, -0.1) is 0 Å². The van der Waals surface area contributed by atoms with E-state index in [1.807, 2.05) is 0 Å². The summed E-state index contributed by atoms with van der Waals surface area (Å²) in [6.45, 7) is 1.54. The van der Waals surface area contributed by atoms with E-state index in [-0.39, 0.29) is 5.41 Å². The van der Waals surface area contributed by atoms with Crippen LogP contribution in [0.1, 0.15) is 57.8 Å². The van der Waals surface area contributed by atoms with Gasteiger partial charge in [0.2, 0.25) is 5.91 Å². The Morgan fingerprint density at radius 2 is 1.83 bits per heavy atom. The van der Waals surface area contributed by atoms with Crippen molar-refractivity contribution in [2.75, 3.05) is 13.1 Å². The maximum absolute atomic E-state index is 12.9. The second-order valence-corrected chi connectivity index (χ2v) is 6.59. The summed E-state index contributed by atoms with van der Waals surface area (Å²) in [4.78, 5) is 15.2. The molecule has 2 N–H and O–H groups in total. The Kier molecular flexibility index (Phi) is 3.35. The first-order valence-electron chi connectivity index (χ1n) is 7.78. The summed E-state index contributed by atoms with van der Waals surface area (Å²) in [6.07, 6.45) is 10.8. The standard InChI is InChI=1S/C15H26N2O/c16-11-15(8-1-2-9-15)14(18)17-10-4-6-12-5-3-7-13(12)17/h12-13H,1-11,16H2. The number of nitrogens with zero attached hydrogens (tertiary/aromatic N) is 1. The maximum atomic E-state index is 12.9. The first-order chi connectivity index (χ1) is 8.77. The smallest absolute Gasteiger partial charge is 0.230 e. The Labute approximate surface area is 110 Å². The summed E-state index contributed by atoms with van der Waals surface area (Å²) < 4.78 is 0. The van der Waals surface area contributed by atoms with Gasteiger partial charge in [-0.05, 0) is 44.4 Å². The van der Waals surface area contributed by atoms with Crippen LogP contribution in [-0.4, -0.2) is 29.9 Å². The Hall–Kier alpha value is -0.570. The second-order valence-electron chi connectivity index (χ2n) is 6.59. The van der Waals surface area contributed by atoms with E-state index in [1.165, 1.54) is 44.9 Å². The molecule has 0 aromatic heterocycles. The van der Waals surface area contributed by atoms with Crippen LogP contribution in [0.5, 0.6) is 0 Å². The molecule has 3 aliphatic rings. The predicted octanol–water partition coefficient (Wildman–Crippen LogP) is 2.30. The number of carbonyl (C=O) groups excluding carboxylic acids is 1. The fourth-order valence-electron chi connectivity index (χ4n) is 4.57. The highest BCUT2D eigenvalue weighted by Crippen LogP contribution is 2.43. The number of carbonyl (C=O) groups is 1. The van der Waals surface area contributed by atoms with Gasteiger partial charge in [-0.3, -0.25) is 4.79 Å². The average molecular weight is 250 g/mol. The molecule has 2 saturated carbocycles. The number of rotatable bonds is 2. The number of hydrogen-bond acceptors (Lipinski definition) is 2. The zero-order valence-corrected chi connectivity index (χ0v) is 11.4. The maximum Gasteiger partial charge on any atom is 0.230 e. The first-order valence-corrected chi connectivity index (χ1v) is 7.78. The van der Waals surface area contributed by atoms with Gasteiger partial charge in [0.05, 0.1) is 5.41 Å². The molecule has 1 heterocycles. The fraction of sp³-hybridized carbons (Fsp3) is 0.933. The molecular weight excluding hydrogens is 224 g/mol. The lowest BCUT2D eigenvalue weighted by Crippen LogP contribution is -2.53. The first kappa shape index (κ1) is 12.5. The van der Waals surface area contributed by atoms with Crippen molar-refractivity contribution in [2.24, 2.45) is 17.1 Å². The van der Waals surface area contributed by atoms with Crippen LogP contribution in [-0.2, 0) is 4.79 Å². The van der Waals surface area contributed by atoms with Gasteiger partial charge < -0.3 is 10.6 Å². The lowest BCUT2D eigenvalue weighted by Gasteiger charge is -2.42. The monoisotopic (exact) mass is 250 g/mol. The lowest BCUT2D eigenvalue weighted by atomic mass is 9.82. The minimum absolute atomic E-state index is 0.190. The van der Waals surface area contributed by atoms with E-state index in [9.17, 15) is 4.79 Å². The molecule has 0 aromatic carbocycles. The molecule has 3 fully saturated rings. The van der Waals surface area contributed by atoms with Crippen molar-refractivity contribution in [3.05, 3.63) is 0 Å². The van der Waals surface area contributed by atoms with Crippen LogP contribution >= 0.6 is 0 Å². The SMILES string of the molecule is NCC1(C(=O)N2CCCC3CCCC32)CCCC1. The van der Waals surface area contributed by atoms with Gasteiger partial charge in [0.25, 0.3) is 0 Å². The third-order valence-electron chi connectivity index (χ3n) is 5.66. The van der Waals surface area contributed by atoms with Crippen LogP contribution in [0.3, 0.4) is 0 Å². The molecule has 2 unspecified atom stereocenters. The minimum atomic E-state index is -0.190. The molecule has 0 radical (unpaired) electrons. The summed E-state index contributed by atoms with van der Waals surface area (Å²) in [5.41, 5.74) is 5.78. The Balaban J connectivity index is 1.78. The van der Waals surface area contributed by atoms with Gasteiger partial charge in [0, 0.05) is 19.1 Å². The van der Waals surface area contributed by atoms with Crippen LogP contribution < -0.4 is 5.73 Å². The van der Waals surface area contributed by atoms with E-state index in [4.69, 9.17) is 5.73 Å². The summed E-state index contributed by atoms with van der Waals surface area (Å²) >= 11 is 0. The molecule has 2 aliphatic carbocycles. The molecule has 3 nitrogen and oxygen atoms in total. The van der Waals surface area contributed by atoms with Crippen molar-refractivity contribution in [1.29, 1.82) is 0 Å². The van der Waals surface area contributed by atoms with Gasteiger partial charge in [0.15, 0.2) is 0 Å². The third-order valence-corrected chi connectivity index (χ3v) is 5.66. The third kappa shape index (κ3) is 1.87. The molecule has 102 valence electrons. The average Bonchev–Trinajstić information content (AvgIpc) is 3.06. The van der Waals surface area contributed by atoms with Crippen molar-refractivity contribution < 1.29 is 4.79 Å². The molecule has 0 spiro atoms. The van der Waals surface area contributed by atoms with E-state index in [0.29, 0.717) is 18.5 Å². The van der Waals surface area contributed by atoms with Gasteiger partial charge in [-0.25, -0.2) is 0 Å². The number of hydrogen-bond donors (Lipinski definition) is 1. The highest BCUT2D eigenvalue weighted by atomic mass is 16.2. The largest absolute Gasteiger partial charge is 0.339 e. The Morgan fingerprint density at radius 1 is 1.11 bits per heavy atom. The second kappa shape index (κ2) is 4.84. The molecule has 18 heavy (non-hydrogen) atoms. The van der Waals surface area contributed by atoms with E-state index in [2.05, 4.69) is 4.90 Å². The fourth-order valence-corrected chi connectivity index (χ4v) is 4.57. The van der Waals surface area contributed by atoms with Gasteiger partial charge in [-0.2, -0.15) is 0 Å². The van der Waals surface area contributed by atoms with Gasteiger partial charge in [-0.1, -0.05) is 19.3 Å². The summed E-state index contributed by atoms with van der Waals surface area (Å²) in [5.74, 6) is 1.19. The van der Waals surface area contributed by atoms with E-state index >= 15 is 0 Å². The molecule has 3 rings (SSSR count). The van der Waals surface area contributed by atoms with Crippen LogP contribution in [0.4, 0.5) is 0 Å². The van der Waals surface area contributed by atoms with E-state index < -0.39 is 0 Å². The highest BCUT2D eigenvalue weighted by Gasteiger charge is 2.46. The number of nitrogens with two attached hydrogens (primary N) is 1. The molecule has 0 bridgehead atoms. The zero-order valence-electron chi connectivity index (χ0n) is 11.4. The lowest BCUT2D eigenvalue weighted by molar-refractivity contribution is -0.146. The Bertz CT molecular complexity index is 322. The molecule has 3 heteroatoms. The molecular formula is C15H26N2O. The van der Waals surface area contributed by atoms with Gasteiger partial charge in [0.1, 0.15) is 0 Å². The van der Waals surface area contributed by atoms with Crippen LogP contribution in [0, 0.1) is 11.3 Å². The van der Waals surface area contributed by atoms with Crippen molar-refractivity contribution in [3.8, 4) is 0 Å². The highest BCUT2D eigenvalue weighted by molar-refractivity contribution is 5.83. The topological polar surface area (TPSA) is 46.3 Å². The quantitative estimate of drug-likeness (QED) is 0.817. The van der Waals surface area contributed by atoms with Crippen LogP contribution in [0.2, 0.25) is 0 Å². The van der Waals surface area contributed by atoms with Crippen molar-refractivity contribution in [1.82, 2.24) is 4.90 Å². The molecule has 2 atom stereocenters. The Morgan fingerprint density at radius 3 is 2.56 bits per heavy atom. The number of fused-ring (bicyclic) bond motifs is 1. The van der Waals surface area contributed by atoms with Crippen molar-refractivity contribution >= 4 is 5.91 Å². The molecule has 1 aliphatic heterocycles. The zero-order chi connectivity index (χ0) is 12.6. The summed E-state index contributed by atoms with van der Waals surface area (Å²) in [6, 6.07) is 0.551. The van der Waals surface area contributed by atoms with E-state index in [0.717, 1.165) is 25.3 Å². The normalized spacial score (nSPS) is 34.6. The number of likely N-dealkylation sites (tertiary alicyclic amines) is 1. The van der Waals surface area contributed by atoms with E-state index in [1.54, 1.807) is 0 Å². The predicted molar refractivity (Wildman–Crippen MR) is 72.0 cm³/mol. The minimum Gasteiger partial charge on any atom is -0.339 e. The van der Waals surface area contributed by atoms with Crippen LogP contribution in [0.25, 0.3) is 0 Å². The van der Waals surface area contributed by atoms with Crippen LogP contribution in [0.15, 0.2) is 0 Å². The van der Waals surface area contributed by atoms with Crippen molar-refractivity contribution in [2.45, 2.75) is 63.8 Å². The molecule has 1 saturated heterocycles. The number of piperidine rings is 1. The summed E-state index contributed by atoms with van der Waals surface area (Å²) in [5, 5.41) is 0. The summed E-state index contributed by atoms with van der Waals surface area (Å²) in [7, 11) is 0. The molecule has 0 aromatic rings. The molecule has 1 amide bonds. The number of amides is 1. The van der Waals surface area contributed by atoms with Gasteiger partial charge >= 0.3 is 0 Å².